The van der Waals surface area contributed by atoms with E-state index in [-0.39, 0.29) is 5.91 Å². The number of nitrogens with one attached hydrogen (secondary N) is 1. The summed E-state index contributed by atoms with van der Waals surface area (Å²) in [6.07, 6.45) is 0.859. The molecule has 7 heteroatoms. The van der Waals surface area contributed by atoms with Crippen LogP contribution in [0.2, 0.25) is 5.02 Å². The SMILES string of the molecule is COCCOc1ccc(NC(=O)C(C)Oc2ccc(Cl)c(C)c2)cn1. The van der Waals surface area contributed by atoms with Gasteiger partial charge in [0.25, 0.3) is 5.91 Å². The summed E-state index contributed by atoms with van der Waals surface area (Å²) in [6, 6.07) is 8.65. The summed E-state index contributed by atoms with van der Waals surface area (Å²) < 4.78 is 15.9. The highest BCUT2D eigenvalue weighted by atomic mass is 35.5. The molecule has 134 valence electrons. The van der Waals surface area contributed by atoms with E-state index in [9.17, 15) is 4.79 Å². The molecule has 0 spiro atoms. The summed E-state index contributed by atoms with van der Waals surface area (Å²) in [5.41, 5.74) is 1.45. The Labute approximate surface area is 152 Å². The zero-order valence-corrected chi connectivity index (χ0v) is 15.2. The molecule has 1 amide bonds. The first-order valence-corrected chi connectivity index (χ1v) is 8.19. The summed E-state index contributed by atoms with van der Waals surface area (Å²) in [6.45, 7) is 4.45. The van der Waals surface area contributed by atoms with Gasteiger partial charge in [-0.15, -0.1) is 0 Å². The Morgan fingerprint density at radius 1 is 1.28 bits per heavy atom. The molecule has 1 atom stereocenters. The number of hydrogen-bond donors (Lipinski definition) is 1. The maximum absolute atomic E-state index is 12.2. The van der Waals surface area contributed by atoms with Crippen molar-refractivity contribution in [3.63, 3.8) is 0 Å². The standard InChI is InChI=1S/C18H21ClN2O4/c1-12-10-15(5-6-16(12)19)25-13(2)18(22)21-14-4-7-17(20-11-14)24-9-8-23-3/h4-7,10-11,13H,8-9H2,1-3H3,(H,21,22). The van der Waals surface area contributed by atoms with Gasteiger partial charge in [-0.25, -0.2) is 4.98 Å². The highest BCUT2D eigenvalue weighted by Gasteiger charge is 2.15. The topological polar surface area (TPSA) is 69.7 Å². The van der Waals surface area contributed by atoms with Crippen molar-refractivity contribution in [1.82, 2.24) is 4.98 Å². The van der Waals surface area contributed by atoms with Crippen molar-refractivity contribution in [2.45, 2.75) is 20.0 Å². The molecule has 0 radical (unpaired) electrons. The lowest BCUT2D eigenvalue weighted by Gasteiger charge is -2.15. The van der Waals surface area contributed by atoms with Crippen LogP contribution in [0, 0.1) is 6.92 Å². The van der Waals surface area contributed by atoms with Gasteiger partial charge in [-0.3, -0.25) is 4.79 Å². The second-order valence-corrected chi connectivity index (χ2v) is 5.79. The third kappa shape index (κ3) is 5.92. The lowest BCUT2D eigenvalue weighted by Crippen LogP contribution is -2.30. The lowest BCUT2D eigenvalue weighted by molar-refractivity contribution is -0.122. The lowest BCUT2D eigenvalue weighted by atomic mass is 10.2. The number of rotatable bonds is 8. The van der Waals surface area contributed by atoms with E-state index < -0.39 is 6.10 Å². The van der Waals surface area contributed by atoms with Crippen molar-refractivity contribution >= 4 is 23.2 Å². The summed E-state index contributed by atoms with van der Waals surface area (Å²) in [5, 5.41) is 3.41. The van der Waals surface area contributed by atoms with Crippen LogP contribution in [0.15, 0.2) is 36.5 Å². The molecule has 0 fully saturated rings. The van der Waals surface area contributed by atoms with E-state index >= 15 is 0 Å². The van der Waals surface area contributed by atoms with E-state index in [1.807, 2.05) is 6.92 Å². The number of nitrogens with zero attached hydrogens (tertiary/aromatic N) is 1. The highest BCUT2D eigenvalue weighted by molar-refractivity contribution is 6.31. The summed E-state index contributed by atoms with van der Waals surface area (Å²) >= 11 is 5.98. The average molecular weight is 365 g/mol. The molecule has 0 bridgehead atoms. The van der Waals surface area contributed by atoms with Gasteiger partial charge >= 0.3 is 0 Å². The number of carbonyl (C=O) groups excluding carboxylic acids is 1. The van der Waals surface area contributed by atoms with E-state index in [1.165, 1.54) is 6.20 Å². The van der Waals surface area contributed by atoms with Crippen LogP contribution in [-0.2, 0) is 9.53 Å². The number of carbonyl (C=O) groups is 1. The fourth-order valence-electron chi connectivity index (χ4n) is 1.96. The van der Waals surface area contributed by atoms with Gasteiger partial charge in [0, 0.05) is 18.2 Å². The van der Waals surface area contributed by atoms with Crippen molar-refractivity contribution in [1.29, 1.82) is 0 Å². The normalized spacial score (nSPS) is 11.7. The first-order chi connectivity index (χ1) is 12.0. The van der Waals surface area contributed by atoms with Crippen LogP contribution in [-0.4, -0.2) is 37.3 Å². The third-order valence-corrected chi connectivity index (χ3v) is 3.78. The molecule has 1 heterocycles. The van der Waals surface area contributed by atoms with Crippen molar-refractivity contribution in [2.75, 3.05) is 25.6 Å². The molecule has 0 saturated heterocycles. The first kappa shape index (κ1) is 19.0. The number of methoxy groups -OCH3 is 1. The molecule has 25 heavy (non-hydrogen) atoms. The molecule has 2 aromatic rings. The number of aromatic nitrogens is 1. The van der Waals surface area contributed by atoms with Gasteiger partial charge in [-0.2, -0.15) is 0 Å². The summed E-state index contributed by atoms with van der Waals surface area (Å²) in [4.78, 5) is 16.3. The molecule has 1 unspecified atom stereocenters. The molecule has 0 aliphatic rings. The van der Waals surface area contributed by atoms with Crippen molar-refractivity contribution in [3.05, 3.63) is 47.1 Å². The van der Waals surface area contributed by atoms with E-state index in [0.717, 1.165) is 5.56 Å². The highest BCUT2D eigenvalue weighted by Crippen LogP contribution is 2.22. The Morgan fingerprint density at radius 3 is 2.72 bits per heavy atom. The maximum atomic E-state index is 12.2. The van der Waals surface area contributed by atoms with E-state index in [4.69, 9.17) is 25.8 Å². The van der Waals surface area contributed by atoms with E-state index in [0.29, 0.717) is 35.6 Å². The van der Waals surface area contributed by atoms with Crippen LogP contribution in [0.25, 0.3) is 0 Å². The smallest absolute Gasteiger partial charge is 0.265 e. The Hall–Kier alpha value is -2.31. The number of pyridine rings is 1. The predicted molar refractivity (Wildman–Crippen MR) is 96.5 cm³/mol. The Morgan fingerprint density at radius 2 is 2.08 bits per heavy atom. The van der Waals surface area contributed by atoms with Crippen molar-refractivity contribution in [2.24, 2.45) is 0 Å². The first-order valence-electron chi connectivity index (χ1n) is 7.81. The van der Waals surface area contributed by atoms with Gasteiger partial charge < -0.3 is 19.5 Å². The molecular weight excluding hydrogens is 344 g/mol. The predicted octanol–water partition coefficient (Wildman–Crippen LogP) is 3.47. The summed E-state index contributed by atoms with van der Waals surface area (Å²) in [5.74, 6) is 0.781. The fourth-order valence-corrected chi connectivity index (χ4v) is 2.08. The molecule has 0 aliphatic heterocycles. The largest absolute Gasteiger partial charge is 0.481 e. The summed E-state index contributed by atoms with van der Waals surface area (Å²) in [7, 11) is 1.60. The number of halogens is 1. The number of hydrogen-bond acceptors (Lipinski definition) is 5. The molecule has 0 saturated carbocycles. The molecular formula is C18H21ClN2O4. The second-order valence-electron chi connectivity index (χ2n) is 5.39. The van der Waals surface area contributed by atoms with E-state index in [1.54, 1.807) is 44.4 Å². The van der Waals surface area contributed by atoms with E-state index in [2.05, 4.69) is 10.3 Å². The number of aryl methyl sites for hydroxylation is 1. The molecule has 2 rings (SSSR count). The average Bonchev–Trinajstić information content (AvgIpc) is 2.60. The van der Waals surface area contributed by atoms with Crippen LogP contribution in [0.5, 0.6) is 11.6 Å². The Kier molecular flexibility index (Phi) is 7.03. The number of amides is 1. The molecule has 1 aromatic carbocycles. The number of benzene rings is 1. The van der Waals surface area contributed by atoms with Gasteiger partial charge in [-0.1, -0.05) is 11.6 Å². The van der Waals surface area contributed by atoms with Crippen molar-refractivity contribution < 1.29 is 19.0 Å². The van der Waals surface area contributed by atoms with Crippen LogP contribution in [0.3, 0.4) is 0 Å². The Balaban J connectivity index is 1.88. The van der Waals surface area contributed by atoms with Crippen molar-refractivity contribution in [3.8, 4) is 11.6 Å². The molecule has 1 aromatic heterocycles. The van der Waals surface area contributed by atoms with Crippen LogP contribution < -0.4 is 14.8 Å². The number of ether oxygens (including phenoxy) is 3. The third-order valence-electron chi connectivity index (χ3n) is 3.35. The quantitative estimate of drug-likeness (QED) is 0.726. The van der Waals surface area contributed by atoms with Gasteiger partial charge in [0.2, 0.25) is 5.88 Å². The molecule has 0 aliphatic carbocycles. The minimum absolute atomic E-state index is 0.276. The monoisotopic (exact) mass is 364 g/mol. The second kappa shape index (κ2) is 9.25. The minimum Gasteiger partial charge on any atom is -0.481 e. The zero-order valence-electron chi connectivity index (χ0n) is 14.4. The van der Waals surface area contributed by atoms with Crippen LogP contribution in [0.1, 0.15) is 12.5 Å². The zero-order chi connectivity index (χ0) is 18.2. The maximum Gasteiger partial charge on any atom is 0.265 e. The molecule has 6 nitrogen and oxygen atoms in total. The van der Waals surface area contributed by atoms with Gasteiger partial charge in [-0.05, 0) is 43.7 Å². The van der Waals surface area contributed by atoms with Gasteiger partial charge in [0.15, 0.2) is 6.10 Å². The minimum atomic E-state index is -0.668. The van der Waals surface area contributed by atoms with Crippen LogP contribution in [0.4, 0.5) is 5.69 Å². The molecule has 1 N–H and O–H groups in total. The van der Waals surface area contributed by atoms with Gasteiger partial charge in [0.05, 0.1) is 18.5 Å². The Bertz CT molecular complexity index is 707. The fraction of sp³-hybridized carbons (Fsp3) is 0.333. The number of anilines is 1. The van der Waals surface area contributed by atoms with Gasteiger partial charge in [0.1, 0.15) is 12.4 Å². The van der Waals surface area contributed by atoms with Crippen LogP contribution >= 0.6 is 11.6 Å².